The fourth-order valence-electron chi connectivity index (χ4n) is 2.91. The van der Waals surface area contributed by atoms with Crippen LogP contribution in [-0.2, 0) is 6.42 Å². The smallest absolute Gasteiger partial charge is 0.345 e. The number of hydrogen-bond donors (Lipinski definition) is 1. The third kappa shape index (κ3) is 1.98. The van der Waals surface area contributed by atoms with Crippen LogP contribution in [0.2, 0.25) is 0 Å². The highest BCUT2D eigenvalue weighted by molar-refractivity contribution is 7.17. The Hall–Kier alpha value is -2.39. The molecule has 1 aromatic heterocycles. The number of fused-ring (bicyclic) bond motifs is 3. The number of benzene rings is 2. The zero-order valence-corrected chi connectivity index (χ0v) is 12.0. The summed E-state index contributed by atoms with van der Waals surface area (Å²) in [5.41, 5.74) is 6.39. The molecule has 0 unspecified atom stereocenters. The lowest BCUT2D eigenvalue weighted by atomic mass is 10.0. The predicted octanol–water partition coefficient (Wildman–Crippen LogP) is 4.68. The van der Waals surface area contributed by atoms with E-state index in [2.05, 4.69) is 42.5 Å². The summed E-state index contributed by atoms with van der Waals surface area (Å²) in [6, 6.07) is 18.4. The molecular formula is C18H12O2S. The number of thiophene rings is 1. The summed E-state index contributed by atoms with van der Waals surface area (Å²) in [5.74, 6) is -0.861. The molecule has 1 aliphatic carbocycles. The van der Waals surface area contributed by atoms with Gasteiger partial charge in [-0.05, 0) is 52.4 Å². The van der Waals surface area contributed by atoms with Crippen LogP contribution in [0, 0.1) is 0 Å². The van der Waals surface area contributed by atoms with E-state index in [1.54, 1.807) is 6.07 Å². The lowest BCUT2D eigenvalue weighted by Crippen LogP contribution is -1.89. The molecule has 0 amide bonds. The standard InChI is InChI=1S/C18H12O2S/c19-18(20)17-8-7-16(21-17)12-5-6-15-13(10-12)9-11-3-1-2-4-14(11)15/h1-8,10H,9H2,(H,19,20). The molecule has 0 radical (unpaired) electrons. The SMILES string of the molecule is O=C(O)c1ccc(-c2ccc3c(c2)Cc2ccccc2-3)s1. The minimum atomic E-state index is -0.861. The quantitative estimate of drug-likeness (QED) is 0.582. The second-order valence-electron chi connectivity index (χ2n) is 5.17. The second kappa shape index (κ2) is 4.57. The molecule has 1 N–H and O–H groups in total. The van der Waals surface area contributed by atoms with E-state index in [0.29, 0.717) is 4.88 Å². The van der Waals surface area contributed by atoms with E-state index < -0.39 is 5.97 Å². The Morgan fingerprint density at radius 2 is 1.76 bits per heavy atom. The van der Waals surface area contributed by atoms with Crippen molar-refractivity contribution in [3.05, 3.63) is 70.6 Å². The summed E-state index contributed by atoms with van der Waals surface area (Å²) >= 11 is 1.32. The number of carbonyl (C=O) groups is 1. The summed E-state index contributed by atoms with van der Waals surface area (Å²) in [6.45, 7) is 0. The molecule has 2 nitrogen and oxygen atoms in total. The van der Waals surface area contributed by atoms with Crippen LogP contribution < -0.4 is 0 Å². The summed E-state index contributed by atoms with van der Waals surface area (Å²) in [4.78, 5) is 12.4. The lowest BCUT2D eigenvalue weighted by molar-refractivity contribution is 0.0702. The minimum Gasteiger partial charge on any atom is -0.477 e. The molecule has 2 aromatic carbocycles. The van der Waals surface area contributed by atoms with Crippen molar-refractivity contribution in [3.8, 4) is 21.6 Å². The molecule has 3 aromatic rings. The molecule has 21 heavy (non-hydrogen) atoms. The van der Waals surface area contributed by atoms with Gasteiger partial charge in [0.05, 0.1) is 0 Å². The van der Waals surface area contributed by atoms with Crippen LogP contribution >= 0.6 is 11.3 Å². The van der Waals surface area contributed by atoms with E-state index in [4.69, 9.17) is 5.11 Å². The zero-order valence-electron chi connectivity index (χ0n) is 11.2. The van der Waals surface area contributed by atoms with Crippen LogP contribution in [0.1, 0.15) is 20.8 Å². The Morgan fingerprint density at radius 3 is 2.57 bits per heavy atom. The number of carboxylic acid groups (broad SMARTS) is 1. The predicted molar refractivity (Wildman–Crippen MR) is 85.0 cm³/mol. The van der Waals surface area contributed by atoms with Gasteiger partial charge in [-0.1, -0.05) is 36.4 Å². The van der Waals surface area contributed by atoms with Crippen molar-refractivity contribution < 1.29 is 9.90 Å². The van der Waals surface area contributed by atoms with Gasteiger partial charge in [-0.3, -0.25) is 0 Å². The second-order valence-corrected chi connectivity index (χ2v) is 6.26. The molecule has 3 heteroatoms. The van der Waals surface area contributed by atoms with Crippen LogP contribution in [0.4, 0.5) is 0 Å². The first-order valence-electron chi connectivity index (χ1n) is 6.77. The third-order valence-corrected chi connectivity index (χ3v) is 5.02. The van der Waals surface area contributed by atoms with Gasteiger partial charge >= 0.3 is 5.97 Å². The molecule has 0 aliphatic heterocycles. The number of rotatable bonds is 2. The van der Waals surface area contributed by atoms with Gasteiger partial charge in [0.1, 0.15) is 4.88 Å². The van der Waals surface area contributed by atoms with E-state index in [9.17, 15) is 4.79 Å². The largest absolute Gasteiger partial charge is 0.477 e. The average molecular weight is 292 g/mol. The van der Waals surface area contributed by atoms with Crippen LogP contribution in [0.5, 0.6) is 0 Å². The van der Waals surface area contributed by atoms with Crippen molar-refractivity contribution in [2.75, 3.05) is 0 Å². The molecule has 102 valence electrons. The maximum Gasteiger partial charge on any atom is 0.345 e. The van der Waals surface area contributed by atoms with Gasteiger partial charge in [0.2, 0.25) is 0 Å². The van der Waals surface area contributed by atoms with Gasteiger partial charge in [-0.15, -0.1) is 11.3 Å². The first-order valence-corrected chi connectivity index (χ1v) is 7.59. The molecule has 1 heterocycles. The van der Waals surface area contributed by atoms with Crippen LogP contribution in [-0.4, -0.2) is 11.1 Å². The van der Waals surface area contributed by atoms with Crippen molar-refractivity contribution in [2.24, 2.45) is 0 Å². The molecule has 0 atom stereocenters. The highest BCUT2D eigenvalue weighted by Gasteiger charge is 2.18. The Kier molecular flexibility index (Phi) is 2.69. The zero-order chi connectivity index (χ0) is 14.4. The van der Waals surface area contributed by atoms with Gasteiger partial charge in [-0.25, -0.2) is 4.79 Å². The van der Waals surface area contributed by atoms with E-state index in [1.165, 1.54) is 33.6 Å². The van der Waals surface area contributed by atoms with Crippen molar-refractivity contribution in [1.29, 1.82) is 0 Å². The summed E-state index contributed by atoms with van der Waals surface area (Å²) in [6.07, 6.45) is 0.955. The Bertz CT molecular complexity index is 861. The molecule has 0 bridgehead atoms. The van der Waals surface area contributed by atoms with Crippen molar-refractivity contribution in [2.45, 2.75) is 6.42 Å². The monoisotopic (exact) mass is 292 g/mol. The molecule has 0 saturated carbocycles. The average Bonchev–Trinajstić information content (AvgIpc) is 3.11. The maximum atomic E-state index is 11.0. The minimum absolute atomic E-state index is 0.383. The van der Waals surface area contributed by atoms with Gasteiger partial charge in [-0.2, -0.15) is 0 Å². The van der Waals surface area contributed by atoms with Crippen molar-refractivity contribution in [1.82, 2.24) is 0 Å². The third-order valence-electron chi connectivity index (χ3n) is 3.89. The van der Waals surface area contributed by atoms with E-state index in [1.807, 2.05) is 6.07 Å². The summed E-state index contributed by atoms with van der Waals surface area (Å²) in [7, 11) is 0. The van der Waals surface area contributed by atoms with Crippen LogP contribution in [0.15, 0.2) is 54.6 Å². The van der Waals surface area contributed by atoms with Gasteiger partial charge in [0, 0.05) is 4.88 Å². The summed E-state index contributed by atoms with van der Waals surface area (Å²) < 4.78 is 0. The van der Waals surface area contributed by atoms with Crippen LogP contribution in [0.3, 0.4) is 0 Å². The molecule has 1 aliphatic rings. The number of hydrogen-bond acceptors (Lipinski definition) is 2. The van der Waals surface area contributed by atoms with Gasteiger partial charge in [0.15, 0.2) is 0 Å². The summed E-state index contributed by atoms with van der Waals surface area (Å²) in [5, 5.41) is 9.03. The first-order chi connectivity index (χ1) is 10.2. The highest BCUT2D eigenvalue weighted by atomic mass is 32.1. The van der Waals surface area contributed by atoms with Crippen molar-refractivity contribution >= 4 is 17.3 Å². The fourth-order valence-corrected chi connectivity index (χ4v) is 3.75. The van der Waals surface area contributed by atoms with E-state index in [0.717, 1.165) is 16.9 Å². The Labute approximate surface area is 126 Å². The molecule has 0 spiro atoms. The van der Waals surface area contributed by atoms with E-state index in [-0.39, 0.29) is 0 Å². The van der Waals surface area contributed by atoms with Gasteiger partial charge < -0.3 is 5.11 Å². The maximum absolute atomic E-state index is 11.0. The topological polar surface area (TPSA) is 37.3 Å². The van der Waals surface area contributed by atoms with E-state index >= 15 is 0 Å². The first kappa shape index (κ1) is 12.4. The van der Waals surface area contributed by atoms with Crippen LogP contribution in [0.25, 0.3) is 21.6 Å². The van der Waals surface area contributed by atoms with Crippen molar-refractivity contribution in [3.63, 3.8) is 0 Å². The molecule has 4 rings (SSSR count). The molecular weight excluding hydrogens is 280 g/mol. The Morgan fingerprint density at radius 1 is 0.952 bits per heavy atom. The Balaban J connectivity index is 1.77. The number of aromatic carboxylic acids is 1. The highest BCUT2D eigenvalue weighted by Crippen LogP contribution is 2.39. The normalized spacial score (nSPS) is 12.0. The molecule has 0 fully saturated rings. The fraction of sp³-hybridized carbons (Fsp3) is 0.0556. The number of carboxylic acids is 1. The van der Waals surface area contributed by atoms with Gasteiger partial charge in [0.25, 0.3) is 0 Å². The lowest BCUT2D eigenvalue weighted by Gasteiger charge is -2.03. The molecule has 0 saturated heterocycles.